The van der Waals surface area contributed by atoms with Crippen LogP contribution in [0.4, 0.5) is 0 Å². The summed E-state index contributed by atoms with van der Waals surface area (Å²) < 4.78 is 0. The van der Waals surface area contributed by atoms with Gasteiger partial charge in [0, 0.05) is 5.41 Å². The van der Waals surface area contributed by atoms with Crippen molar-refractivity contribution in [1.29, 1.82) is 0 Å². The molecule has 4 atom stereocenters. The van der Waals surface area contributed by atoms with Crippen LogP contribution < -0.4 is 0 Å². The normalized spacial score (nSPS) is 30.3. The number of rotatable bonds is 3. The molecule has 0 saturated heterocycles. The molecule has 0 aliphatic heterocycles. The minimum Gasteiger partial charge on any atom is -0.508 e. The van der Waals surface area contributed by atoms with Gasteiger partial charge in [0.2, 0.25) is 0 Å². The molecule has 1 fully saturated rings. The topological polar surface area (TPSA) is 60.7 Å². The third-order valence-corrected chi connectivity index (χ3v) is 7.47. The number of aliphatic hydroxyl groups is 2. The number of hydrogen-bond acceptors (Lipinski definition) is 3. The number of phenolic OH excluding ortho intramolecular Hbond substituents is 1. The zero-order chi connectivity index (χ0) is 20.8. The molecule has 2 aliphatic rings. The van der Waals surface area contributed by atoms with Gasteiger partial charge in [0.05, 0.1) is 6.10 Å². The van der Waals surface area contributed by atoms with Crippen LogP contribution in [0.15, 0.2) is 78.9 Å². The second-order valence-electron chi connectivity index (χ2n) is 9.11. The molecule has 30 heavy (non-hydrogen) atoms. The fraction of sp³-hybridized carbons (Fsp3) is 0.333. The van der Waals surface area contributed by atoms with Crippen LogP contribution >= 0.6 is 0 Å². The molecule has 0 heterocycles. The maximum atomic E-state index is 11.6. The molecule has 2 aliphatic carbocycles. The van der Waals surface area contributed by atoms with Crippen LogP contribution in [0, 0.1) is 5.92 Å². The average molecular weight is 401 g/mol. The second kappa shape index (κ2) is 7.26. The molecule has 154 valence electrons. The molecule has 5 rings (SSSR count). The fourth-order valence-corrected chi connectivity index (χ4v) is 6.01. The van der Waals surface area contributed by atoms with E-state index < -0.39 is 11.7 Å². The molecule has 0 unspecified atom stereocenters. The van der Waals surface area contributed by atoms with Crippen molar-refractivity contribution in [3.05, 3.63) is 101 Å². The molecule has 3 heteroatoms. The summed E-state index contributed by atoms with van der Waals surface area (Å²) in [5.74, 6) is 0.530. The number of phenols is 1. The predicted octanol–water partition coefficient (Wildman–Crippen LogP) is 4.48. The van der Waals surface area contributed by atoms with E-state index in [0.717, 1.165) is 24.8 Å². The van der Waals surface area contributed by atoms with Gasteiger partial charge < -0.3 is 15.3 Å². The van der Waals surface area contributed by atoms with Crippen LogP contribution in [0.2, 0.25) is 0 Å². The van der Waals surface area contributed by atoms with Crippen LogP contribution in [0.1, 0.15) is 41.5 Å². The number of aliphatic hydroxyl groups excluding tert-OH is 1. The molecule has 0 bridgehead atoms. The highest BCUT2D eigenvalue weighted by atomic mass is 16.3. The zero-order valence-corrected chi connectivity index (χ0v) is 17.0. The van der Waals surface area contributed by atoms with Crippen molar-refractivity contribution >= 4 is 0 Å². The molecular weight excluding hydrogens is 372 g/mol. The Morgan fingerprint density at radius 3 is 2.30 bits per heavy atom. The van der Waals surface area contributed by atoms with E-state index in [-0.39, 0.29) is 11.3 Å². The molecular formula is C27H28O3. The summed E-state index contributed by atoms with van der Waals surface area (Å²) in [6, 6.07) is 25.7. The van der Waals surface area contributed by atoms with Crippen LogP contribution in [0.5, 0.6) is 5.75 Å². The van der Waals surface area contributed by atoms with Crippen LogP contribution in [-0.2, 0) is 23.9 Å². The molecule has 3 nitrogen and oxygen atoms in total. The van der Waals surface area contributed by atoms with E-state index in [4.69, 9.17) is 0 Å². The highest BCUT2D eigenvalue weighted by molar-refractivity contribution is 5.45. The number of hydrogen-bond donors (Lipinski definition) is 3. The van der Waals surface area contributed by atoms with Gasteiger partial charge in [0.25, 0.3) is 0 Å². The summed E-state index contributed by atoms with van der Waals surface area (Å²) in [5, 5.41) is 33.0. The summed E-state index contributed by atoms with van der Waals surface area (Å²) in [5.41, 5.74) is 2.92. The van der Waals surface area contributed by atoms with Crippen LogP contribution in [0.25, 0.3) is 0 Å². The Morgan fingerprint density at radius 1 is 0.867 bits per heavy atom. The maximum absolute atomic E-state index is 11.6. The van der Waals surface area contributed by atoms with Gasteiger partial charge in [0.15, 0.2) is 0 Å². The van der Waals surface area contributed by atoms with Crippen molar-refractivity contribution in [2.24, 2.45) is 5.92 Å². The Kier molecular flexibility index (Phi) is 4.68. The quantitative estimate of drug-likeness (QED) is 0.608. The lowest BCUT2D eigenvalue weighted by Crippen LogP contribution is -2.57. The number of aromatic hydroxyl groups is 1. The molecule has 0 spiro atoms. The van der Waals surface area contributed by atoms with E-state index in [2.05, 4.69) is 24.3 Å². The van der Waals surface area contributed by atoms with Gasteiger partial charge in [-0.3, -0.25) is 0 Å². The first-order valence-electron chi connectivity index (χ1n) is 10.8. The number of benzene rings is 3. The summed E-state index contributed by atoms with van der Waals surface area (Å²) in [6.45, 7) is 0. The van der Waals surface area contributed by atoms with Crippen LogP contribution in [-0.4, -0.2) is 21.4 Å². The van der Waals surface area contributed by atoms with E-state index >= 15 is 0 Å². The Labute approximate surface area is 177 Å². The molecule has 3 aromatic carbocycles. The van der Waals surface area contributed by atoms with Crippen molar-refractivity contribution in [2.75, 3.05) is 0 Å². The van der Waals surface area contributed by atoms with E-state index in [1.54, 1.807) is 6.07 Å². The monoisotopic (exact) mass is 400 g/mol. The lowest BCUT2D eigenvalue weighted by Gasteiger charge is -2.55. The Hall–Kier alpha value is -2.62. The summed E-state index contributed by atoms with van der Waals surface area (Å²) >= 11 is 0. The van der Waals surface area contributed by atoms with Gasteiger partial charge in [-0.25, -0.2) is 0 Å². The van der Waals surface area contributed by atoms with Gasteiger partial charge in [-0.15, -0.1) is 0 Å². The first-order chi connectivity index (χ1) is 14.5. The fourth-order valence-electron chi connectivity index (χ4n) is 6.01. The standard InChI is InChI=1S/C27H28O3/c28-23-13-14-24-20(15-23)11-12-22-17-27(30,21-9-5-2-6-10-21)25(29)18-26(22,24)16-19-7-3-1-4-8-19/h1-10,13-15,22,25,28-30H,11-12,16-18H2/t22-,25+,26-,27-/m1/s1. The minimum absolute atomic E-state index is 0.239. The van der Waals surface area contributed by atoms with E-state index in [1.807, 2.05) is 48.5 Å². The third kappa shape index (κ3) is 3.05. The maximum Gasteiger partial charge on any atom is 0.116 e. The van der Waals surface area contributed by atoms with E-state index in [1.165, 1.54) is 16.7 Å². The highest BCUT2D eigenvalue weighted by Gasteiger charge is 2.56. The SMILES string of the molecule is Oc1ccc2c(c1)CC[C@@H]1C[C@@](O)(c3ccccc3)[C@@H](O)C[C@@]21Cc1ccccc1. The minimum atomic E-state index is -1.24. The number of aryl methyl sites for hydroxylation is 1. The van der Waals surface area contributed by atoms with Gasteiger partial charge in [-0.1, -0.05) is 66.7 Å². The van der Waals surface area contributed by atoms with Crippen molar-refractivity contribution in [1.82, 2.24) is 0 Å². The van der Waals surface area contributed by atoms with Crippen molar-refractivity contribution < 1.29 is 15.3 Å². The molecule has 3 N–H and O–H groups in total. The molecule has 0 amide bonds. The van der Waals surface area contributed by atoms with Gasteiger partial charge in [-0.05, 0) is 72.4 Å². The lowest BCUT2D eigenvalue weighted by atomic mass is 9.51. The lowest BCUT2D eigenvalue weighted by molar-refractivity contribution is -0.145. The third-order valence-electron chi connectivity index (χ3n) is 7.47. The highest BCUT2D eigenvalue weighted by Crippen LogP contribution is 2.56. The summed E-state index contributed by atoms with van der Waals surface area (Å²) in [4.78, 5) is 0. The first-order valence-corrected chi connectivity index (χ1v) is 10.8. The number of fused-ring (bicyclic) bond motifs is 3. The van der Waals surface area contributed by atoms with E-state index in [9.17, 15) is 15.3 Å². The average Bonchev–Trinajstić information content (AvgIpc) is 2.76. The smallest absolute Gasteiger partial charge is 0.116 e. The first kappa shape index (κ1) is 19.3. The van der Waals surface area contributed by atoms with Gasteiger partial charge in [0.1, 0.15) is 11.4 Å². The van der Waals surface area contributed by atoms with E-state index in [0.29, 0.717) is 18.6 Å². The summed E-state index contributed by atoms with van der Waals surface area (Å²) in [7, 11) is 0. The molecule has 0 radical (unpaired) electrons. The Morgan fingerprint density at radius 2 is 1.57 bits per heavy atom. The largest absolute Gasteiger partial charge is 0.508 e. The molecule has 0 aromatic heterocycles. The molecule has 1 saturated carbocycles. The van der Waals surface area contributed by atoms with Crippen molar-refractivity contribution in [2.45, 2.75) is 49.2 Å². The Balaban J connectivity index is 1.62. The van der Waals surface area contributed by atoms with Gasteiger partial charge >= 0.3 is 0 Å². The predicted molar refractivity (Wildman–Crippen MR) is 117 cm³/mol. The molecule has 3 aromatic rings. The van der Waals surface area contributed by atoms with Crippen LogP contribution in [0.3, 0.4) is 0 Å². The van der Waals surface area contributed by atoms with Crippen molar-refractivity contribution in [3.63, 3.8) is 0 Å². The Bertz CT molecular complexity index is 1030. The summed E-state index contributed by atoms with van der Waals surface area (Å²) in [6.07, 6.45) is 2.80. The van der Waals surface area contributed by atoms with Crippen molar-refractivity contribution in [3.8, 4) is 5.75 Å². The second-order valence-corrected chi connectivity index (χ2v) is 9.11. The van der Waals surface area contributed by atoms with Gasteiger partial charge in [-0.2, -0.15) is 0 Å². The zero-order valence-electron chi connectivity index (χ0n) is 17.0.